The summed E-state index contributed by atoms with van der Waals surface area (Å²) in [5.74, 6) is 0.710. The first kappa shape index (κ1) is 19.9. The fourth-order valence-electron chi connectivity index (χ4n) is 4.25. The van der Waals surface area contributed by atoms with Crippen LogP contribution in [0.4, 0.5) is 17.5 Å². The number of hydrogen-bond donors (Lipinski definition) is 4. The second-order valence-electron chi connectivity index (χ2n) is 7.77. The summed E-state index contributed by atoms with van der Waals surface area (Å²) >= 11 is 0. The molecule has 2 aliphatic rings. The van der Waals surface area contributed by atoms with Gasteiger partial charge in [-0.3, -0.25) is 4.57 Å². The van der Waals surface area contributed by atoms with Crippen LogP contribution in [0.5, 0.6) is 0 Å². The zero-order valence-corrected chi connectivity index (χ0v) is 16.8. The van der Waals surface area contributed by atoms with Gasteiger partial charge >= 0.3 is 0 Å². The third kappa shape index (κ3) is 3.45. The number of aromatic nitrogens is 4. The van der Waals surface area contributed by atoms with Crippen molar-refractivity contribution in [2.45, 2.75) is 24.5 Å². The van der Waals surface area contributed by atoms with Crippen LogP contribution in [0.3, 0.4) is 0 Å². The van der Waals surface area contributed by atoms with Crippen LogP contribution in [-0.4, -0.2) is 85.9 Å². The van der Waals surface area contributed by atoms with Crippen LogP contribution in [0.15, 0.2) is 36.7 Å². The number of nitrogens with zero attached hydrogens (tertiary/aromatic N) is 6. The summed E-state index contributed by atoms with van der Waals surface area (Å²) in [6, 6.07) is 10.3. The largest absolute Gasteiger partial charge is 0.394 e. The van der Waals surface area contributed by atoms with E-state index in [1.54, 1.807) is 0 Å². The van der Waals surface area contributed by atoms with Gasteiger partial charge in [0.1, 0.15) is 18.3 Å². The van der Waals surface area contributed by atoms with Crippen LogP contribution in [0.25, 0.3) is 11.2 Å². The van der Waals surface area contributed by atoms with E-state index in [-0.39, 0.29) is 5.95 Å². The lowest BCUT2D eigenvalue weighted by Crippen LogP contribution is -2.47. The first-order valence-corrected chi connectivity index (χ1v) is 10.2. The van der Waals surface area contributed by atoms with Gasteiger partial charge in [-0.2, -0.15) is 9.97 Å². The molecule has 0 saturated carbocycles. The summed E-state index contributed by atoms with van der Waals surface area (Å²) in [6.45, 7) is 2.72. The quantitative estimate of drug-likeness (QED) is 0.423. The second-order valence-corrected chi connectivity index (χ2v) is 7.77. The van der Waals surface area contributed by atoms with Crippen molar-refractivity contribution in [3.05, 3.63) is 36.7 Å². The van der Waals surface area contributed by atoms with Crippen LogP contribution >= 0.6 is 0 Å². The first-order chi connectivity index (χ1) is 15.1. The molecule has 0 aliphatic carbocycles. The standard InChI is InChI=1S/C20H25N7O4/c21-20-23-17(26-8-6-25(7-9-26)12-4-2-1-3-5-12)14-18(24-20)27(11-22-14)19-16(30)15(29)13(10-28)31-19/h1-5,11,13,15-16,19,28-30H,6-10H2,(H2,21,23,24)/t13-,15-,16-,19-/m1/s1. The lowest BCUT2D eigenvalue weighted by atomic mass is 10.1. The van der Waals surface area contributed by atoms with Crippen molar-refractivity contribution in [3.8, 4) is 0 Å². The normalized spacial score (nSPS) is 26.7. The third-order valence-electron chi connectivity index (χ3n) is 5.91. The van der Waals surface area contributed by atoms with Crippen LogP contribution in [-0.2, 0) is 4.74 Å². The molecule has 4 atom stereocenters. The van der Waals surface area contributed by atoms with Gasteiger partial charge in [-0.15, -0.1) is 0 Å². The van der Waals surface area contributed by atoms with Crippen LogP contribution < -0.4 is 15.5 Å². The van der Waals surface area contributed by atoms with Crippen molar-refractivity contribution in [2.24, 2.45) is 0 Å². The molecule has 164 valence electrons. The van der Waals surface area contributed by atoms with E-state index in [2.05, 4.69) is 36.9 Å². The molecule has 2 aromatic heterocycles. The summed E-state index contributed by atoms with van der Waals surface area (Å²) < 4.78 is 7.16. The molecule has 2 fully saturated rings. The smallest absolute Gasteiger partial charge is 0.224 e. The Hall–Kier alpha value is -2.99. The van der Waals surface area contributed by atoms with Gasteiger partial charge in [0.25, 0.3) is 0 Å². The minimum absolute atomic E-state index is 0.0847. The number of anilines is 3. The average Bonchev–Trinajstić information content (AvgIpc) is 3.34. The average molecular weight is 427 g/mol. The van der Waals surface area contributed by atoms with Gasteiger partial charge < -0.3 is 35.6 Å². The fraction of sp³-hybridized carbons (Fsp3) is 0.450. The summed E-state index contributed by atoms with van der Waals surface area (Å²) in [4.78, 5) is 17.6. The van der Waals surface area contributed by atoms with E-state index >= 15 is 0 Å². The van der Waals surface area contributed by atoms with Crippen LogP contribution in [0.1, 0.15) is 6.23 Å². The molecular weight excluding hydrogens is 402 g/mol. The Kier molecular flexibility index (Phi) is 5.10. The molecule has 11 nitrogen and oxygen atoms in total. The third-order valence-corrected chi connectivity index (χ3v) is 5.91. The van der Waals surface area contributed by atoms with Gasteiger partial charge in [-0.1, -0.05) is 18.2 Å². The second kappa shape index (κ2) is 7.93. The van der Waals surface area contributed by atoms with Crippen molar-refractivity contribution in [2.75, 3.05) is 48.3 Å². The number of para-hydroxylation sites is 1. The number of imidazole rings is 1. The van der Waals surface area contributed by atoms with Gasteiger partial charge in [-0.05, 0) is 12.1 Å². The number of aliphatic hydroxyl groups excluding tert-OH is 3. The number of hydrogen-bond acceptors (Lipinski definition) is 10. The van der Waals surface area contributed by atoms with Crippen molar-refractivity contribution in [3.63, 3.8) is 0 Å². The molecule has 2 saturated heterocycles. The van der Waals surface area contributed by atoms with Gasteiger partial charge in [0.05, 0.1) is 12.9 Å². The number of ether oxygens (including phenoxy) is 1. The van der Waals surface area contributed by atoms with Crippen molar-refractivity contribution in [1.82, 2.24) is 19.5 Å². The summed E-state index contributed by atoms with van der Waals surface area (Å²) in [5, 5.41) is 29.8. The van der Waals surface area contributed by atoms with E-state index in [0.717, 1.165) is 26.2 Å². The summed E-state index contributed by atoms with van der Waals surface area (Å²) in [6.07, 6.45) is -2.78. The topological polar surface area (TPSA) is 146 Å². The highest BCUT2D eigenvalue weighted by atomic mass is 16.6. The van der Waals surface area contributed by atoms with Crippen molar-refractivity contribution in [1.29, 1.82) is 0 Å². The van der Waals surface area contributed by atoms with Gasteiger partial charge in [-0.25, -0.2) is 4.98 Å². The number of benzene rings is 1. The van der Waals surface area contributed by atoms with Crippen LogP contribution in [0.2, 0.25) is 0 Å². The Morgan fingerprint density at radius 3 is 2.39 bits per heavy atom. The highest BCUT2D eigenvalue weighted by molar-refractivity contribution is 5.85. The molecule has 0 spiro atoms. The summed E-state index contributed by atoms with van der Waals surface area (Å²) in [7, 11) is 0. The molecule has 31 heavy (non-hydrogen) atoms. The number of aliphatic hydroxyl groups is 3. The zero-order chi connectivity index (χ0) is 21.5. The number of piperazine rings is 1. The molecule has 2 aliphatic heterocycles. The zero-order valence-electron chi connectivity index (χ0n) is 16.8. The highest BCUT2D eigenvalue weighted by Crippen LogP contribution is 2.33. The number of rotatable bonds is 4. The molecule has 0 bridgehead atoms. The Morgan fingerprint density at radius 2 is 1.71 bits per heavy atom. The monoisotopic (exact) mass is 427 g/mol. The molecule has 4 heterocycles. The maximum Gasteiger partial charge on any atom is 0.224 e. The summed E-state index contributed by atoms with van der Waals surface area (Å²) in [5.41, 5.74) is 8.13. The Balaban J connectivity index is 1.42. The van der Waals surface area contributed by atoms with Crippen molar-refractivity contribution >= 4 is 28.6 Å². The predicted molar refractivity (Wildman–Crippen MR) is 114 cm³/mol. The molecule has 11 heteroatoms. The lowest BCUT2D eigenvalue weighted by Gasteiger charge is -2.36. The number of fused-ring (bicyclic) bond motifs is 1. The van der Waals surface area contributed by atoms with E-state index < -0.39 is 31.1 Å². The predicted octanol–water partition coefficient (Wildman–Crippen LogP) is -0.653. The Morgan fingerprint density at radius 1 is 1.00 bits per heavy atom. The van der Waals surface area contributed by atoms with Gasteiger partial charge in [0, 0.05) is 31.9 Å². The van der Waals surface area contributed by atoms with E-state index in [4.69, 9.17) is 10.5 Å². The van der Waals surface area contributed by atoms with Gasteiger partial charge in [0.15, 0.2) is 23.2 Å². The van der Waals surface area contributed by atoms with E-state index in [0.29, 0.717) is 17.0 Å². The van der Waals surface area contributed by atoms with E-state index in [9.17, 15) is 15.3 Å². The maximum atomic E-state index is 10.4. The Labute approximate surface area is 178 Å². The molecule has 5 rings (SSSR count). The molecule has 3 aromatic rings. The maximum absolute atomic E-state index is 10.4. The minimum atomic E-state index is -1.23. The SMILES string of the molecule is Nc1nc(N2CCN(c3ccccc3)CC2)c2ncn([C@@H]3O[C@H](CO)[C@@H](O)[C@H]3O)c2n1. The molecular formula is C20H25N7O4. The first-order valence-electron chi connectivity index (χ1n) is 10.2. The fourth-order valence-corrected chi connectivity index (χ4v) is 4.25. The highest BCUT2D eigenvalue weighted by Gasteiger charge is 2.44. The molecule has 0 unspecified atom stereocenters. The van der Waals surface area contributed by atoms with Gasteiger partial charge in [0.2, 0.25) is 5.95 Å². The number of nitrogen functional groups attached to an aromatic ring is 1. The van der Waals surface area contributed by atoms with E-state index in [1.807, 2.05) is 18.2 Å². The molecule has 0 amide bonds. The molecule has 1 aromatic carbocycles. The lowest BCUT2D eigenvalue weighted by molar-refractivity contribution is -0.0511. The van der Waals surface area contributed by atoms with Crippen LogP contribution in [0, 0.1) is 0 Å². The Bertz CT molecular complexity index is 1050. The number of nitrogens with two attached hydrogens (primary N) is 1. The van der Waals surface area contributed by atoms with E-state index in [1.165, 1.54) is 16.6 Å². The van der Waals surface area contributed by atoms with Crippen molar-refractivity contribution < 1.29 is 20.1 Å². The molecule has 5 N–H and O–H groups in total. The molecule has 0 radical (unpaired) electrons. The minimum Gasteiger partial charge on any atom is -0.394 e.